The second-order valence-electron chi connectivity index (χ2n) is 6.68. The van der Waals surface area contributed by atoms with Gasteiger partial charge in [-0.05, 0) is 55.3 Å². The number of amides is 3. The predicted octanol–water partition coefficient (Wildman–Crippen LogP) is 4.21. The number of aromatic nitrogens is 1. The van der Waals surface area contributed by atoms with Crippen LogP contribution in [0.15, 0.2) is 46.9 Å². The maximum absolute atomic E-state index is 13.0. The summed E-state index contributed by atoms with van der Waals surface area (Å²) in [6, 6.07) is 12.1. The molecule has 0 saturated heterocycles. The van der Waals surface area contributed by atoms with Gasteiger partial charge in [-0.3, -0.25) is 19.8 Å². The van der Waals surface area contributed by atoms with E-state index in [4.69, 9.17) is 11.6 Å². The molecule has 0 unspecified atom stereocenters. The number of carbonyl (C=O) groups excluding carboxylic acids is 3. The highest BCUT2D eigenvalue weighted by Gasteiger charge is 2.21. The van der Waals surface area contributed by atoms with E-state index < -0.39 is 17.7 Å². The number of anilines is 1. The lowest BCUT2D eigenvalue weighted by Gasteiger charge is -2.13. The number of nitrogens with one attached hydrogen (secondary N) is 3. The number of halogens is 2. The molecule has 7 nitrogen and oxygen atoms in total. The van der Waals surface area contributed by atoms with Crippen LogP contribution in [0, 0.1) is 6.92 Å². The van der Waals surface area contributed by atoms with E-state index >= 15 is 0 Å². The molecular weight excluding hydrogens is 472 g/mol. The average Bonchev–Trinajstić information content (AvgIpc) is 3.06. The van der Waals surface area contributed by atoms with Gasteiger partial charge in [-0.2, -0.15) is 0 Å². The van der Waals surface area contributed by atoms with E-state index in [0.717, 1.165) is 10.0 Å². The summed E-state index contributed by atoms with van der Waals surface area (Å²) < 4.78 is 2.12. The van der Waals surface area contributed by atoms with Gasteiger partial charge >= 0.3 is 11.8 Å². The van der Waals surface area contributed by atoms with Gasteiger partial charge in [0.2, 0.25) is 0 Å². The minimum absolute atomic E-state index is 0.163. The van der Waals surface area contributed by atoms with Gasteiger partial charge in [-0.15, -0.1) is 0 Å². The first-order valence-corrected chi connectivity index (χ1v) is 10.4. The van der Waals surface area contributed by atoms with Crippen molar-refractivity contribution < 1.29 is 14.4 Å². The van der Waals surface area contributed by atoms with Crippen molar-refractivity contribution in [3.05, 3.63) is 63.2 Å². The van der Waals surface area contributed by atoms with Crippen LogP contribution in [0.1, 0.15) is 29.4 Å². The van der Waals surface area contributed by atoms with E-state index in [1.165, 1.54) is 4.68 Å². The van der Waals surface area contributed by atoms with Crippen molar-refractivity contribution in [2.24, 2.45) is 0 Å². The van der Waals surface area contributed by atoms with Crippen molar-refractivity contribution in [1.82, 2.24) is 9.99 Å². The first-order chi connectivity index (χ1) is 14.3. The van der Waals surface area contributed by atoms with Gasteiger partial charge in [0.25, 0.3) is 5.91 Å². The number of benzene rings is 2. The predicted molar refractivity (Wildman–Crippen MR) is 121 cm³/mol. The van der Waals surface area contributed by atoms with Crippen molar-refractivity contribution in [2.45, 2.75) is 20.3 Å². The third-order valence-corrected chi connectivity index (χ3v) is 5.28. The van der Waals surface area contributed by atoms with E-state index in [-0.39, 0.29) is 5.69 Å². The topological polar surface area (TPSA) is 92.2 Å². The Morgan fingerprint density at radius 3 is 2.53 bits per heavy atom. The highest BCUT2D eigenvalue weighted by Crippen LogP contribution is 2.25. The molecule has 0 spiro atoms. The largest absolute Gasteiger partial charge is 0.348 e. The Morgan fingerprint density at radius 2 is 1.83 bits per heavy atom. The molecule has 30 heavy (non-hydrogen) atoms. The zero-order valence-corrected chi connectivity index (χ0v) is 18.7. The maximum atomic E-state index is 13.0. The smallest absolute Gasteiger partial charge is 0.328 e. The Balaban J connectivity index is 1.95. The standard InChI is InChI=1S/C21H20BrClN4O3/c1-3-8-24-20(29)21(30)26-27-17-7-5-14(22)9-13(17)10-18(27)19(28)25-15-6-4-12(2)16(23)11-15/h4-7,9-11H,3,8H2,1-2H3,(H,24,29)(H,25,28)(H,26,30). The fourth-order valence-electron chi connectivity index (χ4n) is 2.81. The van der Waals surface area contributed by atoms with Gasteiger partial charge in [0, 0.05) is 27.1 Å². The summed E-state index contributed by atoms with van der Waals surface area (Å²) in [7, 11) is 0. The lowest BCUT2D eigenvalue weighted by atomic mass is 10.2. The zero-order valence-electron chi connectivity index (χ0n) is 16.4. The monoisotopic (exact) mass is 490 g/mol. The van der Waals surface area contributed by atoms with Gasteiger partial charge in [0.1, 0.15) is 5.69 Å². The highest BCUT2D eigenvalue weighted by atomic mass is 79.9. The summed E-state index contributed by atoms with van der Waals surface area (Å²) >= 11 is 9.54. The van der Waals surface area contributed by atoms with Gasteiger partial charge in [0.05, 0.1) is 5.52 Å². The molecule has 0 bridgehead atoms. The number of aryl methyl sites for hydroxylation is 1. The summed E-state index contributed by atoms with van der Waals surface area (Å²) in [4.78, 5) is 37.3. The molecule has 0 radical (unpaired) electrons. The normalized spacial score (nSPS) is 10.7. The lowest BCUT2D eigenvalue weighted by molar-refractivity contribution is -0.136. The van der Waals surface area contributed by atoms with Gasteiger partial charge in [0.15, 0.2) is 0 Å². The fraction of sp³-hybridized carbons (Fsp3) is 0.190. The quantitative estimate of drug-likeness (QED) is 0.467. The molecule has 3 rings (SSSR count). The number of hydrogen-bond acceptors (Lipinski definition) is 3. The Morgan fingerprint density at radius 1 is 1.07 bits per heavy atom. The van der Waals surface area contributed by atoms with Gasteiger partial charge in [-0.25, -0.2) is 4.68 Å². The molecule has 9 heteroatoms. The number of fused-ring (bicyclic) bond motifs is 1. The number of rotatable bonds is 5. The average molecular weight is 492 g/mol. The maximum Gasteiger partial charge on any atom is 0.328 e. The van der Waals surface area contributed by atoms with E-state index in [1.807, 2.05) is 19.9 Å². The summed E-state index contributed by atoms with van der Waals surface area (Å²) in [5.41, 5.74) is 4.65. The number of carbonyl (C=O) groups is 3. The number of nitrogens with zero attached hydrogens (tertiary/aromatic N) is 1. The molecule has 3 N–H and O–H groups in total. The van der Waals surface area contributed by atoms with Gasteiger partial charge in [-0.1, -0.05) is 40.5 Å². The summed E-state index contributed by atoms with van der Waals surface area (Å²) in [6.07, 6.45) is 0.701. The Hall–Kier alpha value is -2.84. The summed E-state index contributed by atoms with van der Waals surface area (Å²) in [5.74, 6) is -2.10. The molecule has 0 saturated carbocycles. The van der Waals surface area contributed by atoms with Crippen LogP contribution in [0.2, 0.25) is 5.02 Å². The van der Waals surface area contributed by atoms with Crippen LogP contribution in [-0.2, 0) is 9.59 Å². The van der Waals surface area contributed by atoms with Crippen molar-refractivity contribution >= 4 is 61.8 Å². The molecule has 3 amide bonds. The first kappa shape index (κ1) is 21.9. The minimum Gasteiger partial charge on any atom is -0.348 e. The molecule has 0 aliphatic carbocycles. The molecule has 0 fully saturated rings. The molecule has 0 aliphatic heterocycles. The van der Waals surface area contributed by atoms with Crippen molar-refractivity contribution in [3.8, 4) is 0 Å². The van der Waals surface area contributed by atoms with Crippen LogP contribution < -0.4 is 16.1 Å². The van der Waals surface area contributed by atoms with Crippen molar-refractivity contribution in [2.75, 3.05) is 17.3 Å². The SMILES string of the molecule is CCCNC(=O)C(=O)Nn1c(C(=O)Nc2ccc(C)c(Cl)c2)cc2cc(Br)ccc21. The lowest BCUT2D eigenvalue weighted by Crippen LogP contribution is -2.40. The van der Waals surface area contributed by atoms with E-state index in [9.17, 15) is 14.4 Å². The first-order valence-electron chi connectivity index (χ1n) is 9.28. The van der Waals surface area contributed by atoms with Crippen LogP contribution >= 0.6 is 27.5 Å². The third-order valence-electron chi connectivity index (χ3n) is 4.38. The Kier molecular flexibility index (Phi) is 6.79. The van der Waals surface area contributed by atoms with Gasteiger partial charge < -0.3 is 10.6 Å². The van der Waals surface area contributed by atoms with E-state index in [2.05, 4.69) is 32.0 Å². The van der Waals surface area contributed by atoms with Crippen LogP contribution in [0.3, 0.4) is 0 Å². The van der Waals surface area contributed by atoms with Crippen molar-refractivity contribution in [1.29, 1.82) is 0 Å². The Bertz CT molecular complexity index is 1140. The molecule has 3 aromatic rings. The minimum atomic E-state index is -0.865. The second kappa shape index (κ2) is 9.32. The summed E-state index contributed by atoms with van der Waals surface area (Å²) in [6.45, 7) is 4.13. The van der Waals surface area contributed by atoms with Crippen LogP contribution in [0.5, 0.6) is 0 Å². The molecule has 156 valence electrons. The molecule has 1 heterocycles. The highest BCUT2D eigenvalue weighted by molar-refractivity contribution is 9.10. The molecule has 2 aromatic carbocycles. The fourth-order valence-corrected chi connectivity index (χ4v) is 3.37. The van der Waals surface area contributed by atoms with Crippen molar-refractivity contribution in [3.63, 3.8) is 0 Å². The molecule has 0 atom stereocenters. The molecule has 1 aromatic heterocycles. The van der Waals surface area contributed by atoms with E-state index in [0.29, 0.717) is 34.6 Å². The Labute approximate surface area is 186 Å². The second-order valence-corrected chi connectivity index (χ2v) is 8.01. The van der Waals surface area contributed by atoms with Crippen LogP contribution in [0.25, 0.3) is 10.9 Å². The molecular formula is C21H20BrClN4O3. The number of hydrogen-bond donors (Lipinski definition) is 3. The van der Waals surface area contributed by atoms with Crippen LogP contribution in [-0.4, -0.2) is 28.9 Å². The zero-order chi connectivity index (χ0) is 21.8. The third kappa shape index (κ3) is 4.83. The van der Waals surface area contributed by atoms with E-state index in [1.54, 1.807) is 36.4 Å². The van der Waals surface area contributed by atoms with Crippen LogP contribution in [0.4, 0.5) is 5.69 Å². The summed E-state index contributed by atoms with van der Waals surface area (Å²) in [5, 5.41) is 6.53. The molecule has 0 aliphatic rings.